The average Bonchev–Trinajstić information content (AvgIpc) is 2.76. The highest BCUT2D eigenvalue weighted by molar-refractivity contribution is 5.78. The molecule has 0 radical (unpaired) electrons. The number of hydrogen-bond donors (Lipinski definition) is 3. The Bertz CT molecular complexity index is 1060. The molecule has 0 saturated heterocycles. The number of halogens is 2. The first-order valence-corrected chi connectivity index (χ1v) is 10.2. The monoisotopic (exact) mass is 441 g/mol. The molecule has 3 aromatic rings. The summed E-state index contributed by atoms with van der Waals surface area (Å²) in [7, 11) is 0. The molecule has 1 amide bonds. The van der Waals surface area contributed by atoms with Gasteiger partial charge in [-0.3, -0.25) is 4.79 Å². The fourth-order valence-electron chi connectivity index (χ4n) is 3.27. The van der Waals surface area contributed by atoms with Crippen LogP contribution in [0.5, 0.6) is 11.5 Å². The van der Waals surface area contributed by atoms with E-state index in [-0.39, 0.29) is 35.8 Å². The van der Waals surface area contributed by atoms with Crippen molar-refractivity contribution in [2.24, 2.45) is 0 Å². The van der Waals surface area contributed by atoms with Gasteiger partial charge in [0.25, 0.3) is 0 Å². The minimum absolute atomic E-state index is 0.0418. The number of aromatic nitrogens is 1. The minimum Gasteiger partial charge on any atom is -0.508 e. The molecule has 6 nitrogen and oxygen atoms in total. The van der Waals surface area contributed by atoms with Crippen LogP contribution in [0.1, 0.15) is 42.9 Å². The number of benzene rings is 2. The van der Waals surface area contributed by atoms with Crippen LogP contribution < -0.4 is 15.8 Å². The van der Waals surface area contributed by atoms with Crippen molar-refractivity contribution in [3.8, 4) is 11.5 Å². The van der Waals surface area contributed by atoms with Crippen molar-refractivity contribution in [3.63, 3.8) is 0 Å². The molecule has 32 heavy (non-hydrogen) atoms. The highest BCUT2D eigenvalue weighted by Gasteiger charge is 2.41. The molecular weight excluding hydrogens is 416 g/mol. The van der Waals surface area contributed by atoms with Gasteiger partial charge in [-0.05, 0) is 30.2 Å². The normalized spacial score (nSPS) is 12.7. The van der Waals surface area contributed by atoms with Gasteiger partial charge in [-0.1, -0.05) is 43.7 Å². The zero-order valence-electron chi connectivity index (χ0n) is 17.6. The van der Waals surface area contributed by atoms with Crippen molar-refractivity contribution in [1.29, 1.82) is 0 Å². The summed E-state index contributed by atoms with van der Waals surface area (Å²) in [5.74, 6) is -4.86. The molecule has 1 unspecified atom stereocenters. The average molecular weight is 441 g/mol. The lowest BCUT2D eigenvalue weighted by Crippen LogP contribution is -2.44. The molecule has 1 heterocycles. The van der Waals surface area contributed by atoms with Gasteiger partial charge >= 0.3 is 0 Å². The maximum atomic E-state index is 16.5. The summed E-state index contributed by atoms with van der Waals surface area (Å²) in [5, 5.41) is 12.5. The Morgan fingerprint density at radius 3 is 2.66 bits per heavy atom. The zero-order valence-corrected chi connectivity index (χ0v) is 17.6. The number of carbonyl (C=O) groups excluding carboxylic acids is 1. The predicted octanol–water partition coefficient (Wildman–Crippen LogP) is 4.56. The van der Waals surface area contributed by atoms with Crippen molar-refractivity contribution in [1.82, 2.24) is 10.3 Å². The van der Waals surface area contributed by atoms with E-state index in [2.05, 4.69) is 10.3 Å². The van der Waals surface area contributed by atoms with Gasteiger partial charge < -0.3 is 20.9 Å². The minimum atomic E-state index is -2.88. The molecule has 0 aliphatic carbocycles. The van der Waals surface area contributed by atoms with E-state index in [1.54, 1.807) is 0 Å². The van der Waals surface area contributed by atoms with E-state index < -0.39 is 23.2 Å². The number of nitrogens with zero attached hydrogens (tertiary/aromatic N) is 1. The van der Waals surface area contributed by atoms with E-state index in [9.17, 15) is 14.3 Å². The van der Waals surface area contributed by atoms with Crippen LogP contribution in [0, 0.1) is 5.95 Å². The maximum absolute atomic E-state index is 16.5. The quantitative estimate of drug-likeness (QED) is 0.334. The highest BCUT2D eigenvalue weighted by atomic mass is 19.2. The van der Waals surface area contributed by atoms with Crippen molar-refractivity contribution in [2.45, 2.75) is 38.6 Å². The van der Waals surface area contributed by atoms with E-state index in [1.165, 1.54) is 18.2 Å². The molecule has 0 bridgehead atoms. The summed E-state index contributed by atoms with van der Waals surface area (Å²) < 4.78 is 36.8. The number of nitrogen functional groups attached to an aromatic ring is 1. The first-order valence-electron chi connectivity index (χ1n) is 10.2. The van der Waals surface area contributed by atoms with Crippen molar-refractivity contribution in [3.05, 3.63) is 83.4 Å². The zero-order chi connectivity index (χ0) is 23.1. The Labute approximate surface area is 185 Å². The number of unbranched alkanes of at least 4 members (excludes halogenated alkanes) is 1. The summed E-state index contributed by atoms with van der Waals surface area (Å²) in [6, 6.07) is 14.2. The first kappa shape index (κ1) is 23.0. The lowest BCUT2D eigenvalue weighted by atomic mass is 9.94. The van der Waals surface area contributed by atoms with Gasteiger partial charge in [0.2, 0.25) is 17.6 Å². The van der Waals surface area contributed by atoms with Gasteiger partial charge in [0.1, 0.15) is 18.1 Å². The third-order valence-electron chi connectivity index (χ3n) is 4.89. The molecular formula is C24H25F2N3O3. The molecule has 168 valence electrons. The number of anilines is 1. The standard InChI is InChI=1S/C24H25F2N3O3/c1-2-3-9-21(31)29-24(26,22-20(27)10-11-28-23(22)25)17-12-18(30)14-19(13-17)32-15-16-7-5-4-6-8-16/h4-8,10-14,30H,2-3,9,15H2,1H3,(H2,27,28)(H,29,31). The number of alkyl halides is 1. The molecule has 0 fully saturated rings. The van der Waals surface area contributed by atoms with Gasteiger partial charge in [-0.2, -0.15) is 4.39 Å². The van der Waals surface area contributed by atoms with E-state index in [0.717, 1.165) is 24.2 Å². The lowest BCUT2D eigenvalue weighted by Gasteiger charge is -2.29. The molecule has 0 aliphatic heterocycles. The summed E-state index contributed by atoms with van der Waals surface area (Å²) in [5.41, 5.74) is 5.62. The largest absolute Gasteiger partial charge is 0.508 e. The van der Waals surface area contributed by atoms with E-state index in [4.69, 9.17) is 10.5 Å². The van der Waals surface area contributed by atoms with Crippen LogP contribution in [0.15, 0.2) is 60.8 Å². The third-order valence-corrected chi connectivity index (χ3v) is 4.89. The van der Waals surface area contributed by atoms with Gasteiger partial charge in [0.15, 0.2) is 0 Å². The number of aromatic hydroxyl groups is 1. The second-order valence-corrected chi connectivity index (χ2v) is 7.37. The smallest absolute Gasteiger partial charge is 0.241 e. The fourth-order valence-corrected chi connectivity index (χ4v) is 3.27. The molecule has 4 N–H and O–H groups in total. The third kappa shape index (κ3) is 5.32. The van der Waals surface area contributed by atoms with Gasteiger partial charge in [0, 0.05) is 29.9 Å². The van der Waals surface area contributed by atoms with Crippen LogP contribution in [0.25, 0.3) is 0 Å². The summed E-state index contributed by atoms with van der Waals surface area (Å²) >= 11 is 0. The summed E-state index contributed by atoms with van der Waals surface area (Å²) in [4.78, 5) is 15.9. The number of nitrogens with two attached hydrogens (primary N) is 1. The number of phenols is 1. The van der Waals surface area contributed by atoms with Gasteiger partial charge in [-0.15, -0.1) is 0 Å². The van der Waals surface area contributed by atoms with Gasteiger partial charge in [-0.25, -0.2) is 9.37 Å². The number of nitrogens with one attached hydrogen (secondary N) is 1. The lowest BCUT2D eigenvalue weighted by molar-refractivity contribution is -0.124. The van der Waals surface area contributed by atoms with Gasteiger partial charge in [0.05, 0.1) is 5.56 Å². The Balaban J connectivity index is 2.02. The van der Waals surface area contributed by atoms with Crippen LogP contribution in [0.3, 0.4) is 0 Å². The van der Waals surface area contributed by atoms with E-state index in [1.807, 2.05) is 37.3 Å². The topological polar surface area (TPSA) is 97.5 Å². The number of amides is 1. The number of carbonyl (C=O) groups is 1. The fraction of sp³-hybridized carbons (Fsp3) is 0.250. The molecule has 3 rings (SSSR count). The SMILES string of the molecule is CCCCC(=O)NC(F)(c1cc(O)cc(OCc2ccccc2)c1)c1c(N)ccnc1F. The van der Waals surface area contributed by atoms with Crippen molar-refractivity contribution in [2.75, 3.05) is 5.73 Å². The molecule has 2 aromatic carbocycles. The maximum Gasteiger partial charge on any atom is 0.241 e. The van der Waals surface area contributed by atoms with Crippen LogP contribution in [0.4, 0.5) is 14.5 Å². The number of pyridine rings is 1. The number of hydrogen-bond acceptors (Lipinski definition) is 5. The van der Waals surface area contributed by atoms with Crippen molar-refractivity contribution >= 4 is 11.6 Å². The van der Waals surface area contributed by atoms with Crippen LogP contribution in [-0.4, -0.2) is 16.0 Å². The van der Waals surface area contributed by atoms with Crippen LogP contribution in [0.2, 0.25) is 0 Å². The first-order chi connectivity index (χ1) is 15.3. The molecule has 8 heteroatoms. The number of phenolic OH excluding ortho intramolecular Hbond substituents is 1. The highest BCUT2D eigenvalue weighted by Crippen LogP contribution is 2.39. The Morgan fingerprint density at radius 2 is 1.97 bits per heavy atom. The second kappa shape index (κ2) is 10.1. The van der Waals surface area contributed by atoms with Crippen LogP contribution >= 0.6 is 0 Å². The second-order valence-electron chi connectivity index (χ2n) is 7.37. The predicted molar refractivity (Wildman–Crippen MR) is 117 cm³/mol. The summed E-state index contributed by atoms with van der Waals surface area (Å²) in [6.07, 6.45) is 2.39. The molecule has 0 saturated carbocycles. The van der Waals surface area contributed by atoms with E-state index >= 15 is 4.39 Å². The molecule has 0 spiro atoms. The number of rotatable bonds is 9. The summed E-state index contributed by atoms with van der Waals surface area (Å²) in [6.45, 7) is 2.05. The molecule has 1 atom stereocenters. The van der Waals surface area contributed by atoms with E-state index in [0.29, 0.717) is 6.42 Å². The van der Waals surface area contributed by atoms with Crippen molar-refractivity contribution < 1.29 is 23.4 Å². The number of ether oxygens (including phenoxy) is 1. The molecule has 1 aromatic heterocycles. The Kier molecular flexibility index (Phi) is 7.25. The Morgan fingerprint density at radius 1 is 1.22 bits per heavy atom. The Hall–Kier alpha value is -3.68. The molecule has 0 aliphatic rings. The van der Waals surface area contributed by atoms with Crippen LogP contribution in [-0.2, 0) is 17.2 Å².